The number of benzene rings is 1. The van der Waals surface area contributed by atoms with Gasteiger partial charge in [-0.1, -0.05) is 17.3 Å². The van der Waals surface area contributed by atoms with Gasteiger partial charge in [0.05, 0.1) is 15.7 Å². The Morgan fingerprint density at radius 2 is 2.06 bits per heavy atom. The number of aryl methyl sites for hydroxylation is 2. The monoisotopic (exact) mass is 478 g/mol. The number of aromatic nitrogens is 2. The SMILES string of the molecule is Cc1nc(-c2cc(S(=O)(=O)N3CCC[C@H](C(=O)NCc4ccc(F)cc4)C3)c(C)s2)no1. The summed E-state index contributed by atoms with van der Waals surface area (Å²) in [6.07, 6.45) is 1.20. The highest BCUT2D eigenvalue weighted by atomic mass is 32.2. The first kappa shape index (κ1) is 22.6. The standard InChI is InChI=1S/C21H23FN4O4S2/c1-13-19(10-18(31-13)20-24-14(2)30-25-20)32(28,29)26-9-3-4-16(12-26)21(27)23-11-15-5-7-17(22)8-6-15/h5-8,10,16H,3-4,9,11-12H2,1-2H3,(H,23,27)/t16-/m0/s1. The third kappa shape index (κ3) is 4.74. The van der Waals surface area contributed by atoms with Gasteiger partial charge in [-0.15, -0.1) is 11.3 Å². The van der Waals surface area contributed by atoms with Crippen molar-refractivity contribution in [3.8, 4) is 10.7 Å². The maximum atomic E-state index is 13.3. The third-order valence-corrected chi connectivity index (χ3v) is 8.54. The zero-order valence-electron chi connectivity index (χ0n) is 17.7. The highest BCUT2D eigenvalue weighted by molar-refractivity contribution is 7.89. The van der Waals surface area contributed by atoms with Gasteiger partial charge in [0, 0.05) is 31.4 Å². The van der Waals surface area contributed by atoms with E-state index in [4.69, 9.17) is 4.52 Å². The first-order valence-corrected chi connectivity index (χ1v) is 12.4. The second-order valence-electron chi connectivity index (χ2n) is 7.71. The van der Waals surface area contributed by atoms with E-state index in [0.717, 1.165) is 5.56 Å². The molecule has 0 radical (unpaired) electrons. The number of carbonyl (C=O) groups excluding carboxylic acids is 1. The number of nitrogens with one attached hydrogen (secondary N) is 1. The molecular weight excluding hydrogens is 455 g/mol. The Morgan fingerprint density at radius 3 is 2.75 bits per heavy atom. The topological polar surface area (TPSA) is 105 Å². The van der Waals surface area contributed by atoms with Gasteiger partial charge in [-0.25, -0.2) is 12.8 Å². The van der Waals surface area contributed by atoms with Crippen molar-refractivity contribution in [3.63, 3.8) is 0 Å². The smallest absolute Gasteiger partial charge is 0.244 e. The van der Waals surface area contributed by atoms with Crippen LogP contribution >= 0.6 is 11.3 Å². The number of halogens is 1. The van der Waals surface area contributed by atoms with Crippen LogP contribution in [-0.4, -0.2) is 41.9 Å². The van der Waals surface area contributed by atoms with E-state index in [0.29, 0.717) is 40.9 Å². The maximum absolute atomic E-state index is 13.3. The van der Waals surface area contributed by atoms with Crippen molar-refractivity contribution in [1.29, 1.82) is 0 Å². The van der Waals surface area contributed by atoms with Gasteiger partial charge in [0.1, 0.15) is 5.82 Å². The van der Waals surface area contributed by atoms with E-state index in [1.165, 1.54) is 27.8 Å². The van der Waals surface area contributed by atoms with Crippen molar-refractivity contribution in [1.82, 2.24) is 19.8 Å². The molecule has 1 fully saturated rings. The predicted molar refractivity (Wildman–Crippen MR) is 117 cm³/mol. The Labute approximate surface area is 189 Å². The van der Waals surface area contributed by atoms with E-state index >= 15 is 0 Å². The number of piperidine rings is 1. The van der Waals surface area contributed by atoms with Crippen LogP contribution in [0.1, 0.15) is 29.2 Å². The molecule has 0 saturated carbocycles. The molecule has 0 spiro atoms. The van der Waals surface area contributed by atoms with Gasteiger partial charge < -0.3 is 9.84 Å². The van der Waals surface area contributed by atoms with Crippen LogP contribution in [0.5, 0.6) is 0 Å². The van der Waals surface area contributed by atoms with E-state index in [2.05, 4.69) is 15.5 Å². The fourth-order valence-corrected chi connectivity index (χ4v) is 6.69. The summed E-state index contributed by atoms with van der Waals surface area (Å²) in [6, 6.07) is 7.45. The number of thiophene rings is 1. The van der Waals surface area contributed by atoms with Gasteiger partial charge in [0.15, 0.2) is 0 Å². The average molecular weight is 479 g/mol. The molecule has 2 aromatic heterocycles. The van der Waals surface area contributed by atoms with Gasteiger partial charge in [0.2, 0.25) is 27.6 Å². The summed E-state index contributed by atoms with van der Waals surface area (Å²) in [5.41, 5.74) is 0.776. The van der Waals surface area contributed by atoms with E-state index < -0.39 is 15.9 Å². The predicted octanol–water partition coefficient (Wildman–Crippen LogP) is 3.27. The Balaban J connectivity index is 1.45. The molecule has 1 aliphatic heterocycles. The van der Waals surface area contributed by atoms with E-state index in [9.17, 15) is 17.6 Å². The lowest BCUT2D eigenvalue weighted by Gasteiger charge is -2.31. The molecule has 1 aliphatic rings. The lowest BCUT2D eigenvalue weighted by atomic mass is 9.99. The van der Waals surface area contributed by atoms with Gasteiger partial charge in [-0.05, 0) is 43.5 Å². The van der Waals surface area contributed by atoms with Crippen molar-refractivity contribution in [2.75, 3.05) is 13.1 Å². The first-order chi connectivity index (χ1) is 15.2. The van der Waals surface area contributed by atoms with Crippen molar-refractivity contribution in [2.24, 2.45) is 5.92 Å². The molecular formula is C21H23FN4O4S2. The summed E-state index contributed by atoms with van der Waals surface area (Å²) in [5, 5.41) is 6.69. The molecule has 8 nitrogen and oxygen atoms in total. The van der Waals surface area contributed by atoms with E-state index in [1.807, 2.05) is 0 Å². The third-order valence-electron chi connectivity index (χ3n) is 5.37. The molecule has 32 heavy (non-hydrogen) atoms. The van der Waals surface area contributed by atoms with Gasteiger partial charge >= 0.3 is 0 Å². The fraction of sp³-hybridized carbons (Fsp3) is 0.381. The highest BCUT2D eigenvalue weighted by Crippen LogP contribution is 2.34. The summed E-state index contributed by atoms with van der Waals surface area (Å²) in [5.74, 6) is -0.235. The van der Waals surface area contributed by atoms with Crippen LogP contribution in [0.15, 0.2) is 39.8 Å². The Hall–Kier alpha value is -2.63. The molecule has 4 rings (SSSR count). The van der Waals surface area contributed by atoms with Crippen LogP contribution in [0, 0.1) is 25.6 Å². The van der Waals surface area contributed by atoms with E-state index in [-0.39, 0.29) is 29.7 Å². The number of rotatable bonds is 6. The highest BCUT2D eigenvalue weighted by Gasteiger charge is 2.35. The first-order valence-electron chi connectivity index (χ1n) is 10.2. The van der Waals surface area contributed by atoms with Crippen LogP contribution in [0.2, 0.25) is 0 Å². The zero-order chi connectivity index (χ0) is 22.9. The van der Waals surface area contributed by atoms with Crippen molar-refractivity contribution >= 4 is 27.3 Å². The molecule has 1 aromatic carbocycles. The molecule has 170 valence electrons. The van der Waals surface area contributed by atoms with Gasteiger partial charge in [-0.3, -0.25) is 4.79 Å². The van der Waals surface area contributed by atoms with Gasteiger partial charge in [-0.2, -0.15) is 9.29 Å². The molecule has 3 heterocycles. The molecule has 0 aliphatic carbocycles. The zero-order valence-corrected chi connectivity index (χ0v) is 19.3. The Morgan fingerprint density at radius 1 is 1.31 bits per heavy atom. The second-order valence-corrected chi connectivity index (χ2v) is 10.9. The number of nitrogens with zero attached hydrogens (tertiary/aromatic N) is 3. The molecule has 1 N–H and O–H groups in total. The minimum absolute atomic E-state index is 0.115. The van der Waals surface area contributed by atoms with E-state index in [1.54, 1.807) is 32.0 Å². The number of hydrogen-bond acceptors (Lipinski definition) is 7. The quantitative estimate of drug-likeness (QED) is 0.583. The average Bonchev–Trinajstić information content (AvgIpc) is 3.39. The van der Waals surface area contributed by atoms with Crippen molar-refractivity contribution in [2.45, 2.75) is 38.1 Å². The van der Waals surface area contributed by atoms with Crippen LogP contribution in [0.3, 0.4) is 0 Å². The molecule has 1 atom stereocenters. The largest absolute Gasteiger partial charge is 0.352 e. The van der Waals surface area contributed by atoms with Crippen molar-refractivity contribution < 1.29 is 22.1 Å². The minimum Gasteiger partial charge on any atom is -0.352 e. The van der Waals surface area contributed by atoms with Gasteiger partial charge in [0.25, 0.3) is 0 Å². The van der Waals surface area contributed by atoms with Crippen LogP contribution in [-0.2, 0) is 21.4 Å². The summed E-state index contributed by atoms with van der Waals surface area (Å²) in [7, 11) is -3.78. The summed E-state index contributed by atoms with van der Waals surface area (Å²) < 4.78 is 46.1. The molecule has 3 aromatic rings. The summed E-state index contributed by atoms with van der Waals surface area (Å²) >= 11 is 1.29. The second kappa shape index (κ2) is 9.08. The Kier molecular flexibility index (Phi) is 6.40. The fourth-order valence-electron chi connectivity index (χ4n) is 3.68. The van der Waals surface area contributed by atoms with Crippen LogP contribution in [0.25, 0.3) is 10.7 Å². The van der Waals surface area contributed by atoms with Crippen molar-refractivity contribution in [3.05, 3.63) is 52.5 Å². The van der Waals surface area contributed by atoms with Crippen LogP contribution in [0.4, 0.5) is 4.39 Å². The number of sulfonamides is 1. The number of carbonyl (C=O) groups is 1. The molecule has 0 unspecified atom stereocenters. The Bertz CT molecular complexity index is 1220. The number of amides is 1. The maximum Gasteiger partial charge on any atom is 0.244 e. The number of hydrogen-bond donors (Lipinski definition) is 1. The molecule has 0 bridgehead atoms. The van der Waals surface area contributed by atoms with Crippen LogP contribution < -0.4 is 5.32 Å². The molecule has 1 saturated heterocycles. The summed E-state index contributed by atoms with van der Waals surface area (Å²) in [6.45, 7) is 4.15. The lowest BCUT2D eigenvalue weighted by Crippen LogP contribution is -2.45. The summed E-state index contributed by atoms with van der Waals surface area (Å²) in [4.78, 5) is 18.3. The molecule has 11 heteroatoms. The molecule has 1 amide bonds. The normalized spacial score (nSPS) is 17.4. The lowest BCUT2D eigenvalue weighted by molar-refractivity contribution is -0.126. The minimum atomic E-state index is -3.78.